The van der Waals surface area contributed by atoms with E-state index in [2.05, 4.69) is 4.99 Å². The number of ether oxygens (including phenoxy) is 3. The molecule has 2 fully saturated rings. The summed E-state index contributed by atoms with van der Waals surface area (Å²) in [6.07, 6.45) is 0.0815. The summed E-state index contributed by atoms with van der Waals surface area (Å²) >= 11 is 1.35. The number of carbonyl (C=O) groups is 1. The molecule has 2 unspecified atom stereocenters. The van der Waals surface area contributed by atoms with Crippen LogP contribution in [0.15, 0.2) is 77.8 Å². The van der Waals surface area contributed by atoms with Crippen LogP contribution in [0.5, 0.6) is 17.2 Å². The van der Waals surface area contributed by atoms with Gasteiger partial charge in [0, 0.05) is 10.9 Å². The molecule has 38 heavy (non-hydrogen) atoms. The topological polar surface area (TPSA) is 94.5 Å². The molecule has 198 valence electrons. The Kier molecular flexibility index (Phi) is 7.62. The summed E-state index contributed by atoms with van der Waals surface area (Å²) in [5.74, 6) is 1.59. The lowest BCUT2D eigenvalue weighted by molar-refractivity contribution is -0.117. The molecule has 5 rings (SSSR count). The van der Waals surface area contributed by atoms with Gasteiger partial charge in [-0.1, -0.05) is 48.2 Å². The van der Waals surface area contributed by atoms with E-state index >= 15 is 0 Å². The molecular formula is C28H28N2O6S2. The van der Waals surface area contributed by atoms with E-state index < -0.39 is 9.84 Å². The van der Waals surface area contributed by atoms with Crippen LogP contribution < -0.4 is 19.1 Å². The monoisotopic (exact) mass is 552 g/mol. The molecule has 2 aliphatic heterocycles. The number of thioether (sulfide) groups is 1. The van der Waals surface area contributed by atoms with E-state index in [0.29, 0.717) is 29.0 Å². The van der Waals surface area contributed by atoms with Crippen molar-refractivity contribution in [3.8, 4) is 17.2 Å². The molecule has 2 aliphatic rings. The molecule has 3 aromatic carbocycles. The van der Waals surface area contributed by atoms with Crippen molar-refractivity contribution in [2.45, 2.75) is 24.3 Å². The number of sulfone groups is 1. The van der Waals surface area contributed by atoms with E-state index in [1.165, 1.54) is 11.8 Å². The number of methoxy groups -OCH3 is 2. The van der Waals surface area contributed by atoms with E-state index in [9.17, 15) is 13.2 Å². The smallest absolute Gasteiger partial charge is 0.252 e. The SMILES string of the molecule is COc1ccc(CC(=O)N=C2SC3CS(=O)(=O)CC3N2c2ccc(OCc3ccccc3)cc2)cc1OC. The summed E-state index contributed by atoms with van der Waals surface area (Å²) in [5, 5.41) is 0.333. The molecule has 0 saturated carbocycles. The van der Waals surface area contributed by atoms with Crippen LogP contribution in [0.2, 0.25) is 0 Å². The van der Waals surface area contributed by atoms with Crippen LogP contribution in [-0.4, -0.2) is 56.5 Å². The van der Waals surface area contributed by atoms with Crippen LogP contribution in [-0.2, 0) is 27.7 Å². The van der Waals surface area contributed by atoms with Gasteiger partial charge in [-0.3, -0.25) is 4.79 Å². The van der Waals surface area contributed by atoms with E-state index in [0.717, 1.165) is 16.8 Å². The van der Waals surface area contributed by atoms with E-state index in [4.69, 9.17) is 14.2 Å². The predicted molar refractivity (Wildman–Crippen MR) is 149 cm³/mol. The van der Waals surface area contributed by atoms with E-state index in [1.807, 2.05) is 59.5 Å². The highest BCUT2D eigenvalue weighted by Gasteiger charge is 2.49. The van der Waals surface area contributed by atoms with Gasteiger partial charge in [0.25, 0.3) is 5.91 Å². The second kappa shape index (κ2) is 11.1. The van der Waals surface area contributed by atoms with Crippen molar-refractivity contribution >= 4 is 38.4 Å². The Morgan fingerprint density at radius 1 is 0.947 bits per heavy atom. The normalized spacial score (nSPS) is 20.8. The highest BCUT2D eigenvalue weighted by Crippen LogP contribution is 2.41. The van der Waals surface area contributed by atoms with Gasteiger partial charge >= 0.3 is 0 Å². The van der Waals surface area contributed by atoms with Gasteiger partial charge in [-0.15, -0.1) is 0 Å². The molecule has 0 bridgehead atoms. The van der Waals surface area contributed by atoms with Gasteiger partial charge < -0.3 is 19.1 Å². The minimum atomic E-state index is -3.16. The minimum absolute atomic E-state index is 0.0276. The molecule has 0 N–H and O–H groups in total. The van der Waals surface area contributed by atoms with Gasteiger partial charge in [-0.2, -0.15) is 4.99 Å². The molecule has 0 aliphatic carbocycles. The quantitative estimate of drug-likeness (QED) is 0.412. The van der Waals surface area contributed by atoms with Crippen molar-refractivity contribution in [3.05, 3.63) is 83.9 Å². The summed E-state index contributed by atoms with van der Waals surface area (Å²) in [6.45, 7) is 0.444. The molecule has 0 radical (unpaired) electrons. The second-order valence-corrected chi connectivity index (χ2v) is 12.5. The zero-order valence-electron chi connectivity index (χ0n) is 21.1. The van der Waals surface area contributed by atoms with Crippen LogP contribution in [0, 0.1) is 0 Å². The number of amidine groups is 1. The highest BCUT2D eigenvalue weighted by molar-refractivity contribution is 8.16. The summed E-state index contributed by atoms with van der Waals surface area (Å²) in [5.41, 5.74) is 2.58. The molecule has 1 amide bonds. The van der Waals surface area contributed by atoms with Crippen molar-refractivity contribution in [1.82, 2.24) is 0 Å². The Labute approximate surface area is 226 Å². The maximum atomic E-state index is 13.0. The largest absolute Gasteiger partial charge is 0.493 e. The number of fused-ring (bicyclic) bond motifs is 1. The molecule has 3 aromatic rings. The van der Waals surface area contributed by atoms with Crippen LogP contribution in [0.25, 0.3) is 0 Å². The number of rotatable bonds is 8. The van der Waals surface area contributed by atoms with Crippen LogP contribution in [0.4, 0.5) is 5.69 Å². The number of nitrogens with zero attached hydrogens (tertiary/aromatic N) is 2. The van der Waals surface area contributed by atoms with Crippen LogP contribution in [0.1, 0.15) is 11.1 Å². The summed E-state index contributed by atoms with van der Waals surface area (Å²) in [7, 11) is -0.0632. The lowest BCUT2D eigenvalue weighted by atomic mass is 10.1. The Morgan fingerprint density at radius 3 is 2.39 bits per heavy atom. The fourth-order valence-electron chi connectivity index (χ4n) is 4.62. The molecule has 0 aromatic heterocycles. The zero-order valence-corrected chi connectivity index (χ0v) is 22.7. The van der Waals surface area contributed by atoms with Crippen molar-refractivity contribution < 1.29 is 27.4 Å². The first-order valence-electron chi connectivity index (χ1n) is 12.1. The Balaban J connectivity index is 1.35. The van der Waals surface area contributed by atoms with Crippen molar-refractivity contribution in [2.75, 3.05) is 30.6 Å². The molecule has 8 nitrogen and oxygen atoms in total. The fraction of sp³-hybridized carbons (Fsp3) is 0.286. The molecular weight excluding hydrogens is 524 g/mol. The van der Waals surface area contributed by atoms with Crippen molar-refractivity contribution in [3.63, 3.8) is 0 Å². The zero-order chi connectivity index (χ0) is 26.7. The molecule has 2 heterocycles. The third-order valence-electron chi connectivity index (χ3n) is 6.45. The van der Waals surface area contributed by atoms with Gasteiger partial charge in [-0.25, -0.2) is 8.42 Å². The summed E-state index contributed by atoms with van der Waals surface area (Å²) in [6, 6.07) is 22.4. The average molecular weight is 553 g/mol. The fourth-order valence-corrected chi connectivity index (χ4v) is 8.55. The maximum absolute atomic E-state index is 13.0. The summed E-state index contributed by atoms with van der Waals surface area (Å²) < 4.78 is 41.3. The van der Waals surface area contributed by atoms with E-state index in [1.54, 1.807) is 32.4 Å². The van der Waals surface area contributed by atoms with Gasteiger partial charge in [0.05, 0.1) is 38.2 Å². The van der Waals surface area contributed by atoms with Gasteiger partial charge in [0.15, 0.2) is 26.5 Å². The highest BCUT2D eigenvalue weighted by atomic mass is 32.2. The Hall–Kier alpha value is -3.50. The van der Waals surface area contributed by atoms with Crippen molar-refractivity contribution in [2.24, 2.45) is 4.99 Å². The average Bonchev–Trinajstić information content (AvgIpc) is 3.38. The Morgan fingerprint density at radius 2 is 1.68 bits per heavy atom. The first-order valence-corrected chi connectivity index (χ1v) is 14.8. The standard InChI is InChI=1S/C28H28N2O6S2/c1-34-24-13-8-20(14-25(24)35-2)15-27(31)29-28-30(23-17-38(32,33)18-26(23)37-28)21-9-11-22(12-10-21)36-16-19-6-4-3-5-7-19/h3-14,23,26H,15-18H2,1-2H3. The lowest BCUT2D eigenvalue weighted by Gasteiger charge is -2.24. The first-order chi connectivity index (χ1) is 18.3. The first kappa shape index (κ1) is 26.1. The molecule has 2 saturated heterocycles. The lowest BCUT2D eigenvalue weighted by Crippen LogP contribution is -2.37. The number of amides is 1. The van der Waals surface area contributed by atoms with Gasteiger partial charge in [-0.05, 0) is 47.5 Å². The maximum Gasteiger partial charge on any atom is 0.252 e. The predicted octanol–water partition coefficient (Wildman–Crippen LogP) is 4.13. The number of hydrogen-bond donors (Lipinski definition) is 0. The summed E-state index contributed by atoms with van der Waals surface area (Å²) in [4.78, 5) is 19.3. The number of carbonyl (C=O) groups excluding carboxylic acids is 1. The van der Waals surface area contributed by atoms with Gasteiger partial charge in [0.2, 0.25) is 0 Å². The van der Waals surface area contributed by atoms with Gasteiger partial charge in [0.1, 0.15) is 12.4 Å². The van der Waals surface area contributed by atoms with Crippen LogP contribution >= 0.6 is 11.8 Å². The molecule has 2 atom stereocenters. The number of hydrogen-bond acceptors (Lipinski definition) is 7. The second-order valence-electron chi connectivity index (χ2n) is 9.09. The van der Waals surface area contributed by atoms with Crippen molar-refractivity contribution in [1.29, 1.82) is 0 Å². The minimum Gasteiger partial charge on any atom is -0.493 e. The molecule has 0 spiro atoms. The van der Waals surface area contributed by atoms with E-state index in [-0.39, 0.29) is 35.1 Å². The van der Waals surface area contributed by atoms with Crippen LogP contribution in [0.3, 0.4) is 0 Å². The third-order valence-corrected chi connectivity index (χ3v) is 9.66. The Bertz CT molecular complexity index is 1440. The number of aliphatic imine (C=N–C) groups is 1. The third kappa shape index (κ3) is 5.81. The number of anilines is 1. The molecule has 10 heteroatoms. The number of benzene rings is 3.